The summed E-state index contributed by atoms with van der Waals surface area (Å²) in [5.74, 6) is 2.96. The molecule has 5 rings (SSSR count). The van der Waals surface area contributed by atoms with Crippen LogP contribution in [-0.2, 0) is 6.42 Å². The van der Waals surface area contributed by atoms with Crippen LogP contribution in [0.1, 0.15) is 48.2 Å². The van der Waals surface area contributed by atoms with Gasteiger partial charge in [0.05, 0.1) is 26.4 Å². The predicted molar refractivity (Wildman–Crippen MR) is 169 cm³/mol. The van der Waals surface area contributed by atoms with E-state index in [1.165, 1.54) is 5.56 Å². The molecule has 0 saturated heterocycles. The van der Waals surface area contributed by atoms with Crippen molar-refractivity contribution in [3.63, 3.8) is 0 Å². The van der Waals surface area contributed by atoms with Crippen molar-refractivity contribution in [2.24, 2.45) is 0 Å². The fourth-order valence-electron chi connectivity index (χ4n) is 5.27. The number of hydrogen-bond acceptors (Lipinski definition) is 6. The minimum absolute atomic E-state index is 0.120. The van der Waals surface area contributed by atoms with Crippen LogP contribution in [0.4, 0.5) is 0 Å². The molecule has 1 N–H and O–H groups in total. The summed E-state index contributed by atoms with van der Waals surface area (Å²) in [5.41, 5.74) is 3.83. The van der Waals surface area contributed by atoms with E-state index in [2.05, 4.69) is 69.4 Å². The maximum atomic E-state index is 11.7. The first-order chi connectivity index (χ1) is 20.2. The van der Waals surface area contributed by atoms with Crippen LogP contribution < -0.4 is 18.9 Å². The molecule has 1 atom stereocenters. The number of aliphatic hydroxyl groups is 1. The lowest BCUT2D eigenvalue weighted by Crippen LogP contribution is -2.38. The first kappa shape index (κ1) is 30.0. The number of methoxy groups -OCH3 is 2. The van der Waals surface area contributed by atoms with Crippen molar-refractivity contribution in [2.45, 2.75) is 38.0 Å². The number of hydrogen-bond donors (Lipinski definition) is 1. The summed E-state index contributed by atoms with van der Waals surface area (Å²) < 4.78 is 24.0. The third kappa shape index (κ3) is 7.27. The predicted octanol–water partition coefficient (Wildman–Crippen LogP) is 7.38. The number of rotatable bonds is 11. The van der Waals surface area contributed by atoms with Gasteiger partial charge in [-0.25, -0.2) is 0 Å². The largest absolute Gasteiger partial charge is 0.497 e. The number of aliphatic hydroxyl groups excluding tert-OH is 1. The Morgan fingerprint density at radius 1 is 0.810 bits per heavy atom. The SMILES string of the molecule is COc1ccc(C(c2ccc(OC)cc2)N(CCc2ccc(Br)cc2)CC(O)c2ccc3c(c2)OCC(C)(C)O3)cc1. The van der Waals surface area contributed by atoms with Crippen LogP contribution in [0, 0.1) is 0 Å². The van der Waals surface area contributed by atoms with Gasteiger partial charge in [0.1, 0.15) is 23.7 Å². The lowest BCUT2D eigenvalue weighted by molar-refractivity contribution is 0.0208. The second kappa shape index (κ2) is 13.2. The summed E-state index contributed by atoms with van der Waals surface area (Å²) in [5, 5.41) is 11.7. The van der Waals surface area contributed by atoms with Crippen LogP contribution in [0.25, 0.3) is 0 Å². The van der Waals surface area contributed by atoms with Crippen LogP contribution in [0.3, 0.4) is 0 Å². The Labute approximate surface area is 256 Å². The number of halogens is 1. The van der Waals surface area contributed by atoms with Crippen molar-refractivity contribution in [3.05, 3.63) is 118 Å². The zero-order chi connectivity index (χ0) is 29.7. The maximum Gasteiger partial charge on any atom is 0.162 e. The molecule has 0 fully saturated rings. The van der Waals surface area contributed by atoms with Crippen LogP contribution in [0.15, 0.2) is 95.5 Å². The minimum atomic E-state index is -0.752. The van der Waals surface area contributed by atoms with Gasteiger partial charge >= 0.3 is 0 Å². The van der Waals surface area contributed by atoms with E-state index in [9.17, 15) is 5.11 Å². The lowest BCUT2D eigenvalue weighted by atomic mass is 9.95. The van der Waals surface area contributed by atoms with Crippen LogP contribution in [0.5, 0.6) is 23.0 Å². The van der Waals surface area contributed by atoms with E-state index >= 15 is 0 Å². The molecule has 7 heteroatoms. The summed E-state index contributed by atoms with van der Waals surface area (Å²) in [6.45, 7) is 5.58. The van der Waals surface area contributed by atoms with Crippen LogP contribution in [-0.4, -0.2) is 49.5 Å². The summed E-state index contributed by atoms with van der Waals surface area (Å²) in [7, 11) is 3.34. The van der Waals surface area contributed by atoms with Crippen molar-refractivity contribution in [2.75, 3.05) is 33.9 Å². The molecule has 4 aromatic rings. The molecule has 0 saturated carbocycles. The van der Waals surface area contributed by atoms with Gasteiger partial charge in [0, 0.05) is 17.6 Å². The summed E-state index contributed by atoms with van der Waals surface area (Å²) in [6.07, 6.45) is 0.0664. The van der Waals surface area contributed by atoms with Crippen molar-refractivity contribution >= 4 is 15.9 Å². The lowest BCUT2D eigenvalue weighted by Gasteiger charge is -2.35. The fourth-order valence-corrected chi connectivity index (χ4v) is 5.54. The summed E-state index contributed by atoms with van der Waals surface area (Å²) >= 11 is 3.54. The Bertz CT molecular complexity index is 1410. The zero-order valence-corrected chi connectivity index (χ0v) is 26.1. The molecule has 0 aromatic heterocycles. The molecule has 0 amide bonds. The first-order valence-corrected chi connectivity index (χ1v) is 14.9. The number of benzene rings is 4. The quantitative estimate of drug-likeness (QED) is 0.186. The van der Waals surface area contributed by atoms with E-state index < -0.39 is 6.10 Å². The Balaban J connectivity index is 1.49. The van der Waals surface area contributed by atoms with E-state index in [-0.39, 0.29) is 11.6 Å². The Morgan fingerprint density at radius 2 is 1.38 bits per heavy atom. The number of nitrogens with zero attached hydrogens (tertiary/aromatic N) is 1. The Hall–Kier alpha value is -3.52. The monoisotopic (exact) mass is 631 g/mol. The first-order valence-electron chi connectivity index (χ1n) is 14.1. The molecule has 0 bridgehead atoms. The molecule has 220 valence electrons. The number of fused-ring (bicyclic) bond motifs is 1. The average Bonchev–Trinajstić information content (AvgIpc) is 3.00. The van der Waals surface area contributed by atoms with E-state index in [4.69, 9.17) is 18.9 Å². The van der Waals surface area contributed by atoms with Crippen molar-refractivity contribution in [1.29, 1.82) is 0 Å². The van der Waals surface area contributed by atoms with Crippen molar-refractivity contribution in [1.82, 2.24) is 4.90 Å². The molecule has 0 spiro atoms. The zero-order valence-electron chi connectivity index (χ0n) is 24.5. The van der Waals surface area contributed by atoms with Crippen molar-refractivity contribution in [3.8, 4) is 23.0 Å². The van der Waals surface area contributed by atoms with Gasteiger partial charge < -0.3 is 24.1 Å². The fraction of sp³-hybridized carbons (Fsp3) is 0.314. The molecule has 42 heavy (non-hydrogen) atoms. The van der Waals surface area contributed by atoms with E-state index in [0.717, 1.165) is 45.6 Å². The Morgan fingerprint density at radius 3 is 1.95 bits per heavy atom. The molecule has 0 radical (unpaired) electrons. The highest BCUT2D eigenvalue weighted by molar-refractivity contribution is 9.10. The third-order valence-electron chi connectivity index (χ3n) is 7.55. The van der Waals surface area contributed by atoms with Gasteiger partial charge in [0.25, 0.3) is 0 Å². The molecule has 0 aliphatic carbocycles. The van der Waals surface area contributed by atoms with E-state index in [1.54, 1.807) is 14.2 Å². The molecule has 4 aromatic carbocycles. The molecule has 6 nitrogen and oxygen atoms in total. The molecule has 1 aliphatic heterocycles. The molecule has 1 heterocycles. The molecular weight excluding hydrogens is 594 g/mol. The minimum Gasteiger partial charge on any atom is -0.497 e. The summed E-state index contributed by atoms with van der Waals surface area (Å²) in [4.78, 5) is 2.34. The maximum absolute atomic E-state index is 11.7. The summed E-state index contributed by atoms with van der Waals surface area (Å²) in [6, 6.07) is 30.3. The molecule has 1 unspecified atom stereocenters. The highest BCUT2D eigenvalue weighted by atomic mass is 79.9. The van der Waals surface area contributed by atoms with E-state index in [0.29, 0.717) is 24.7 Å². The van der Waals surface area contributed by atoms with Crippen molar-refractivity contribution < 1.29 is 24.1 Å². The van der Waals surface area contributed by atoms with Gasteiger partial charge in [-0.3, -0.25) is 4.90 Å². The van der Waals surface area contributed by atoms with Gasteiger partial charge in [0.15, 0.2) is 11.5 Å². The Kier molecular flexibility index (Phi) is 9.41. The highest BCUT2D eigenvalue weighted by Gasteiger charge is 2.30. The van der Waals surface area contributed by atoms with Crippen LogP contribution in [0.2, 0.25) is 0 Å². The highest BCUT2D eigenvalue weighted by Crippen LogP contribution is 2.38. The van der Waals surface area contributed by atoms with Gasteiger partial charge in [-0.05, 0) is 91.1 Å². The van der Waals surface area contributed by atoms with Gasteiger partial charge in [-0.2, -0.15) is 0 Å². The molecular formula is C35H38BrNO5. The van der Waals surface area contributed by atoms with Gasteiger partial charge in [0.2, 0.25) is 0 Å². The van der Waals surface area contributed by atoms with Gasteiger partial charge in [-0.1, -0.05) is 58.4 Å². The second-order valence-corrected chi connectivity index (χ2v) is 12.1. The second-order valence-electron chi connectivity index (χ2n) is 11.2. The standard InChI is InChI=1S/C35H38BrNO5/c1-35(2)23-41-33-21-27(11-18-32(33)42-35)31(38)22-37(20-19-24-5-12-28(36)13-6-24)34(25-7-14-29(39-3)15-8-25)26-9-16-30(40-4)17-10-26/h5-18,21,31,34,38H,19-20,22-23H2,1-4H3. The van der Waals surface area contributed by atoms with Crippen LogP contribution >= 0.6 is 15.9 Å². The van der Waals surface area contributed by atoms with Gasteiger partial charge in [-0.15, -0.1) is 0 Å². The number of ether oxygens (including phenoxy) is 4. The third-order valence-corrected chi connectivity index (χ3v) is 8.08. The smallest absolute Gasteiger partial charge is 0.162 e. The van der Waals surface area contributed by atoms with E-state index in [1.807, 2.05) is 56.3 Å². The molecule has 1 aliphatic rings. The topological polar surface area (TPSA) is 60.4 Å². The normalized spacial score (nSPS) is 14.6. The average molecular weight is 633 g/mol.